The SMILES string of the molecule is CC(C)Oc1ccccc1SF.COC(=O)C(C)Oc1ccccc1SF. The standard InChI is InChI=1S/C10H11FO3S.C9H11FOS/c1-7(10(12)13-2)14-8-5-3-4-6-9(8)15-11;1-7(2)11-8-5-3-4-6-9(8)12-10/h3-7H,1-2H3;3-7H,1-2H3. The summed E-state index contributed by atoms with van der Waals surface area (Å²) >= 11 is 0.292. The zero-order chi connectivity index (χ0) is 20.2. The number of methoxy groups -OCH3 is 1. The third-order valence-corrected chi connectivity index (χ3v) is 4.07. The van der Waals surface area contributed by atoms with Crippen LogP contribution in [0.2, 0.25) is 0 Å². The van der Waals surface area contributed by atoms with E-state index < -0.39 is 12.1 Å². The van der Waals surface area contributed by atoms with Crippen molar-refractivity contribution < 1.29 is 26.8 Å². The molecule has 0 radical (unpaired) electrons. The summed E-state index contributed by atoms with van der Waals surface area (Å²) in [6.07, 6.45) is -0.665. The summed E-state index contributed by atoms with van der Waals surface area (Å²) < 4.78 is 39.8. The Morgan fingerprint density at radius 2 is 1.30 bits per heavy atom. The van der Waals surface area contributed by atoms with Gasteiger partial charge >= 0.3 is 5.97 Å². The van der Waals surface area contributed by atoms with E-state index in [-0.39, 0.29) is 30.4 Å². The summed E-state index contributed by atoms with van der Waals surface area (Å²) in [5.41, 5.74) is 0. The maximum absolute atomic E-state index is 12.4. The molecular weight excluding hydrogens is 394 g/mol. The van der Waals surface area contributed by atoms with Crippen LogP contribution in [-0.4, -0.2) is 25.3 Å². The van der Waals surface area contributed by atoms with Crippen LogP contribution in [-0.2, 0) is 9.53 Å². The summed E-state index contributed by atoms with van der Waals surface area (Å²) in [7, 11) is 1.28. The van der Waals surface area contributed by atoms with Gasteiger partial charge in [-0.3, -0.25) is 0 Å². The van der Waals surface area contributed by atoms with E-state index in [4.69, 9.17) is 9.47 Å². The molecule has 0 amide bonds. The summed E-state index contributed by atoms with van der Waals surface area (Å²) in [4.78, 5) is 11.9. The van der Waals surface area contributed by atoms with E-state index in [0.717, 1.165) is 0 Å². The lowest BCUT2D eigenvalue weighted by molar-refractivity contribution is -0.148. The number of carbonyl (C=O) groups is 1. The topological polar surface area (TPSA) is 44.8 Å². The number of hydrogen-bond acceptors (Lipinski definition) is 6. The first-order chi connectivity index (χ1) is 12.9. The number of hydrogen-bond donors (Lipinski definition) is 0. The lowest BCUT2D eigenvalue weighted by atomic mass is 10.3. The Morgan fingerprint density at radius 1 is 0.852 bits per heavy atom. The van der Waals surface area contributed by atoms with E-state index in [2.05, 4.69) is 4.74 Å². The quantitative estimate of drug-likeness (QED) is 0.512. The summed E-state index contributed by atoms with van der Waals surface area (Å²) in [6.45, 7) is 5.38. The lowest BCUT2D eigenvalue weighted by Crippen LogP contribution is -2.25. The van der Waals surface area contributed by atoms with Gasteiger partial charge in [0, 0.05) is 0 Å². The van der Waals surface area contributed by atoms with Crippen molar-refractivity contribution in [3.8, 4) is 11.5 Å². The van der Waals surface area contributed by atoms with Crippen LogP contribution in [0.1, 0.15) is 20.8 Å². The minimum atomic E-state index is -0.747. The fraction of sp³-hybridized carbons (Fsp3) is 0.316. The van der Waals surface area contributed by atoms with Gasteiger partial charge in [-0.1, -0.05) is 24.3 Å². The fourth-order valence-corrected chi connectivity index (χ4v) is 2.53. The maximum Gasteiger partial charge on any atom is 0.346 e. The molecule has 148 valence electrons. The number of para-hydroxylation sites is 2. The van der Waals surface area contributed by atoms with Crippen LogP contribution in [0.3, 0.4) is 0 Å². The van der Waals surface area contributed by atoms with E-state index in [0.29, 0.717) is 21.3 Å². The van der Waals surface area contributed by atoms with Gasteiger partial charge in [-0.15, -0.1) is 0 Å². The Hall–Kier alpha value is -1.93. The molecule has 0 saturated heterocycles. The van der Waals surface area contributed by atoms with Crippen LogP contribution in [0, 0.1) is 0 Å². The fourth-order valence-electron chi connectivity index (χ4n) is 1.88. The first-order valence-corrected chi connectivity index (χ1v) is 9.52. The minimum absolute atomic E-state index is 0.0796. The molecule has 0 heterocycles. The van der Waals surface area contributed by atoms with E-state index in [1.807, 2.05) is 19.9 Å². The third kappa shape index (κ3) is 8.09. The minimum Gasteiger partial charge on any atom is -0.490 e. The van der Waals surface area contributed by atoms with Gasteiger partial charge in [-0.25, -0.2) is 4.79 Å². The predicted molar refractivity (Wildman–Crippen MR) is 105 cm³/mol. The highest BCUT2D eigenvalue weighted by molar-refractivity contribution is 7.94. The number of carbonyl (C=O) groups excluding carboxylic acids is 1. The highest BCUT2D eigenvalue weighted by Gasteiger charge is 2.16. The Bertz CT molecular complexity index is 714. The zero-order valence-electron chi connectivity index (χ0n) is 15.5. The van der Waals surface area contributed by atoms with Crippen LogP contribution < -0.4 is 9.47 Å². The Kier molecular flexibility index (Phi) is 10.7. The summed E-state index contributed by atoms with van der Waals surface area (Å²) in [6, 6.07) is 13.7. The van der Waals surface area contributed by atoms with Crippen LogP contribution in [0.5, 0.6) is 11.5 Å². The van der Waals surface area contributed by atoms with Crippen molar-refractivity contribution in [1.82, 2.24) is 0 Å². The third-order valence-electron chi connectivity index (χ3n) is 3.06. The number of benzene rings is 2. The van der Waals surface area contributed by atoms with Crippen LogP contribution >= 0.6 is 24.3 Å². The molecule has 4 nitrogen and oxygen atoms in total. The molecule has 1 atom stereocenters. The van der Waals surface area contributed by atoms with Crippen molar-refractivity contribution in [2.24, 2.45) is 0 Å². The molecule has 8 heteroatoms. The van der Waals surface area contributed by atoms with E-state index >= 15 is 0 Å². The van der Waals surface area contributed by atoms with Crippen LogP contribution in [0.25, 0.3) is 0 Å². The molecule has 0 aliphatic heterocycles. The van der Waals surface area contributed by atoms with Crippen molar-refractivity contribution in [3.05, 3.63) is 48.5 Å². The van der Waals surface area contributed by atoms with Gasteiger partial charge in [0.1, 0.15) is 11.5 Å². The second-order valence-electron chi connectivity index (χ2n) is 5.50. The molecule has 0 fully saturated rings. The maximum atomic E-state index is 12.4. The van der Waals surface area contributed by atoms with Crippen LogP contribution in [0.15, 0.2) is 58.3 Å². The van der Waals surface area contributed by atoms with Crippen molar-refractivity contribution in [2.75, 3.05) is 7.11 Å². The monoisotopic (exact) mass is 416 g/mol. The number of ether oxygens (including phenoxy) is 3. The van der Waals surface area contributed by atoms with E-state index in [1.54, 1.807) is 49.4 Å². The normalized spacial score (nSPS) is 11.2. The molecule has 1 unspecified atom stereocenters. The van der Waals surface area contributed by atoms with Gasteiger partial charge in [0.2, 0.25) is 0 Å². The van der Waals surface area contributed by atoms with Gasteiger partial charge in [0.15, 0.2) is 6.10 Å². The van der Waals surface area contributed by atoms with E-state index in [1.165, 1.54) is 7.11 Å². The zero-order valence-corrected chi connectivity index (χ0v) is 17.1. The Morgan fingerprint density at radius 3 is 1.70 bits per heavy atom. The molecule has 0 aromatic heterocycles. The molecule has 2 rings (SSSR count). The largest absolute Gasteiger partial charge is 0.490 e. The molecule has 0 N–H and O–H groups in total. The molecule has 0 saturated carbocycles. The molecule has 2 aromatic carbocycles. The number of esters is 1. The smallest absolute Gasteiger partial charge is 0.346 e. The van der Waals surface area contributed by atoms with Gasteiger partial charge in [0.05, 0.1) is 47.3 Å². The summed E-state index contributed by atoms with van der Waals surface area (Å²) in [5.74, 6) is 0.455. The second-order valence-corrected chi connectivity index (χ2v) is 6.69. The van der Waals surface area contributed by atoms with Gasteiger partial charge < -0.3 is 14.2 Å². The van der Waals surface area contributed by atoms with E-state index in [9.17, 15) is 12.6 Å². The molecule has 27 heavy (non-hydrogen) atoms. The molecule has 0 spiro atoms. The van der Waals surface area contributed by atoms with Crippen molar-refractivity contribution in [1.29, 1.82) is 0 Å². The second kappa shape index (κ2) is 12.5. The summed E-state index contributed by atoms with van der Waals surface area (Å²) in [5, 5.41) is 0. The lowest BCUT2D eigenvalue weighted by Gasteiger charge is -2.13. The average molecular weight is 417 g/mol. The molecular formula is C19H22F2O4S2. The molecule has 0 aliphatic carbocycles. The predicted octanol–water partition coefficient (Wildman–Crippen LogP) is 6.05. The van der Waals surface area contributed by atoms with Crippen LogP contribution in [0.4, 0.5) is 7.77 Å². The Labute approximate surface area is 167 Å². The first kappa shape index (κ1) is 23.1. The van der Waals surface area contributed by atoms with Crippen molar-refractivity contribution in [3.63, 3.8) is 0 Å². The van der Waals surface area contributed by atoms with Gasteiger partial charge in [0.25, 0.3) is 0 Å². The van der Waals surface area contributed by atoms with Gasteiger partial charge in [-0.05, 0) is 45.0 Å². The number of halogens is 2. The van der Waals surface area contributed by atoms with Crippen molar-refractivity contribution in [2.45, 2.75) is 42.8 Å². The molecule has 2 aromatic rings. The molecule has 0 aliphatic rings. The average Bonchev–Trinajstić information content (AvgIpc) is 2.68. The first-order valence-electron chi connectivity index (χ1n) is 8.09. The highest BCUT2D eigenvalue weighted by atomic mass is 32.2. The molecule has 0 bridgehead atoms. The van der Waals surface area contributed by atoms with Gasteiger partial charge in [-0.2, -0.15) is 7.77 Å². The number of rotatable bonds is 7. The Balaban J connectivity index is 0.000000277. The highest BCUT2D eigenvalue weighted by Crippen LogP contribution is 2.31. The van der Waals surface area contributed by atoms with Crippen molar-refractivity contribution >= 4 is 30.3 Å².